The summed E-state index contributed by atoms with van der Waals surface area (Å²) in [6, 6.07) is 6.36. The summed E-state index contributed by atoms with van der Waals surface area (Å²) in [4.78, 5) is 14.0. The predicted octanol–water partition coefficient (Wildman–Crippen LogP) is 1.38. The van der Waals surface area contributed by atoms with Crippen LogP contribution in [0.25, 0.3) is 0 Å². The minimum absolute atomic E-state index is 0. The molecule has 2 atom stereocenters. The first kappa shape index (κ1) is 22.1. The number of amides is 1. The molecule has 8 heteroatoms. The molecule has 0 spiro atoms. The number of nitrogens with zero attached hydrogens (tertiary/aromatic N) is 1. The van der Waals surface area contributed by atoms with Crippen molar-refractivity contribution in [2.45, 2.75) is 12.1 Å². The average molecular weight is 368 g/mol. The van der Waals surface area contributed by atoms with Crippen LogP contribution < -0.4 is 10.6 Å². The summed E-state index contributed by atoms with van der Waals surface area (Å²) in [7, 11) is 3.81. The van der Waals surface area contributed by atoms with Gasteiger partial charge in [-0.15, -0.1) is 24.8 Å². The van der Waals surface area contributed by atoms with Gasteiger partial charge in [-0.2, -0.15) is 0 Å². The Kier molecular flexibility index (Phi) is 10.3. The first-order chi connectivity index (χ1) is 10.1. The third-order valence-corrected chi connectivity index (χ3v) is 3.55. The number of benzene rings is 1. The van der Waals surface area contributed by atoms with Gasteiger partial charge in [0.05, 0.1) is 12.6 Å². The van der Waals surface area contributed by atoms with Crippen molar-refractivity contribution >= 4 is 30.7 Å². The number of likely N-dealkylation sites (N-methyl/N-ethyl adjacent to an activating group) is 1. The maximum absolute atomic E-state index is 13.3. The Bertz CT molecular complexity index is 486. The van der Waals surface area contributed by atoms with Crippen molar-refractivity contribution in [3.05, 3.63) is 35.6 Å². The maximum Gasteiger partial charge on any atom is 0.250 e. The lowest BCUT2D eigenvalue weighted by Crippen LogP contribution is -2.49. The van der Waals surface area contributed by atoms with Gasteiger partial charge in [0.1, 0.15) is 11.9 Å². The topological polar surface area (TPSA) is 53.6 Å². The maximum atomic E-state index is 13.3. The molecule has 1 amide bonds. The minimum Gasteiger partial charge on any atom is -0.366 e. The summed E-state index contributed by atoms with van der Waals surface area (Å²) in [5.41, 5.74) is 0.836. The van der Waals surface area contributed by atoms with Crippen LogP contribution in [-0.4, -0.2) is 57.2 Å². The Labute approximate surface area is 148 Å². The fourth-order valence-corrected chi connectivity index (χ4v) is 2.36. The molecule has 132 valence electrons. The zero-order valence-electron chi connectivity index (χ0n) is 13.3. The van der Waals surface area contributed by atoms with Gasteiger partial charge in [0, 0.05) is 19.6 Å². The first-order valence-electron chi connectivity index (χ1n) is 7.10. The van der Waals surface area contributed by atoms with Crippen LogP contribution >= 0.6 is 24.8 Å². The second-order valence-corrected chi connectivity index (χ2v) is 5.34. The van der Waals surface area contributed by atoms with E-state index in [4.69, 9.17) is 4.74 Å². The zero-order valence-corrected chi connectivity index (χ0v) is 14.9. The monoisotopic (exact) mass is 367 g/mol. The largest absolute Gasteiger partial charge is 0.366 e. The van der Waals surface area contributed by atoms with Gasteiger partial charge in [-0.3, -0.25) is 4.79 Å². The van der Waals surface area contributed by atoms with Crippen molar-refractivity contribution in [2.24, 2.45) is 0 Å². The molecule has 2 unspecified atom stereocenters. The van der Waals surface area contributed by atoms with Crippen LogP contribution in [0.15, 0.2) is 24.3 Å². The number of halogens is 3. The highest BCUT2D eigenvalue weighted by Crippen LogP contribution is 2.18. The van der Waals surface area contributed by atoms with Crippen molar-refractivity contribution in [1.82, 2.24) is 15.5 Å². The molecule has 1 saturated heterocycles. The van der Waals surface area contributed by atoms with Gasteiger partial charge in [0.25, 0.3) is 5.91 Å². The molecular formula is C15H24Cl2FN3O2. The third kappa shape index (κ3) is 6.61. The van der Waals surface area contributed by atoms with Gasteiger partial charge in [-0.25, -0.2) is 4.39 Å². The van der Waals surface area contributed by atoms with Gasteiger partial charge >= 0.3 is 0 Å². The van der Waals surface area contributed by atoms with E-state index >= 15 is 0 Å². The molecule has 0 aromatic heterocycles. The fourth-order valence-electron chi connectivity index (χ4n) is 2.36. The number of rotatable bonds is 5. The molecule has 1 aliphatic rings. The summed E-state index contributed by atoms with van der Waals surface area (Å²) in [5, 5.41) is 6.00. The molecule has 1 aromatic carbocycles. The highest BCUT2D eigenvalue weighted by Gasteiger charge is 2.23. The van der Waals surface area contributed by atoms with E-state index in [1.807, 2.05) is 25.1 Å². The standard InChI is InChI=1S/C15H22FN3O2.2ClH/c1-19(2)13(11-4-3-5-12(16)8-11)9-18-15(20)14-10-17-6-7-21-14;;/h3-5,8,13-14,17H,6-7,9-10H2,1-2H3,(H,18,20);2*1H. The number of hydrogen-bond acceptors (Lipinski definition) is 4. The molecule has 0 radical (unpaired) electrons. The van der Waals surface area contributed by atoms with E-state index < -0.39 is 6.10 Å². The van der Waals surface area contributed by atoms with E-state index in [1.54, 1.807) is 6.07 Å². The van der Waals surface area contributed by atoms with Gasteiger partial charge < -0.3 is 20.3 Å². The quantitative estimate of drug-likeness (QED) is 0.825. The second-order valence-electron chi connectivity index (χ2n) is 5.34. The summed E-state index contributed by atoms with van der Waals surface area (Å²) in [6.45, 7) is 2.25. The Morgan fingerprint density at radius 3 is 2.78 bits per heavy atom. The zero-order chi connectivity index (χ0) is 15.2. The molecule has 1 fully saturated rings. The number of nitrogens with one attached hydrogen (secondary N) is 2. The van der Waals surface area contributed by atoms with E-state index in [2.05, 4.69) is 10.6 Å². The highest BCUT2D eigenvalue weighted by molar-refractivity contribution is 5.85. The van der Waals surface area contributed by atoms with Crippen molar-refractivity contribution < 1.29 is 13.9 Å². The Balaban J connectivity index is 0.00000242. The van der Waals surface area contributed by atoms with Gasteiger partial charge in [-0.05, 0) is 31.8 Å². The van der Waals surface area contributed by atoms with Crippen molar-refractivity contribution in [2.75, 3.05) is 40.3 Å². The van der Waals surface area contributed by atoms with Crippen LogP contribution in [0.3, 0.4) is 0 Å². The summed E-state index contributed by atoms with van der Waals surface area (Å²) in [6.07, 6.45) is -0.450. The number of carbonyl (C=O) groups excluding carboxylic acids is 1. The smallest absolute Gasteiger partial charge is 0.250 e. The molecule has 1 aliphatic heterocycles. The van der Waals surface area contributed by atoms with Crippen LogP contribution in [-0.2, 0) is 9.53 Å². The van der Waals surface area contributed by atoms with Gasteiger partial charge in [0.15, 0.2) is 0 Å². The van der Waals surface area contributed by atoms with Crippen LogP contribution in [0, 0.1) is 5.82 Å². The lowest BCUT2D eigenvalue weighted by molar-refractivity contribution is -0.134. The number of ether oxygens (including phenoxy) is 1. The van der Waals surface area contributed by atoms with Crippen LogP contribution in [0.4, 0.5) is 4.39 Å². The van der Waals surface area contributed by atoms with E-state index in [1.165, 1.54) is 12.1 Å². The molecular weight excluding hydrogens is 344 g/mol. The van der Waals surface area contributed by atoms with Crippen molar-refractivity contribution in [3.63, 3.8) is 0 Å². The Hall–Kier alpha value is -0.920. The van der Waals surface area contributed by atoms with E-state index in [-0.39, 0.29) is 42.6 Å². The lowest BCUT2D eigenvalue weighted by Gasteiger charge is -2.27. The predicted molar refractivity (Wildman–Crippen MR) is 92.9 cm³/mol. The molecule has 1 aromatic rings. The summed E-state index contributed by atoms with van der Waals surface area (Å²) in [5.74, 6) is -0.407. The van der Waals surface area contributed by atoms with Gasteiger partial charge in [0.2, 0.25) is 0 Å². The number of hydrogen-bond donors (Lipinski definition) is 2. The average Bonchev–Trinajstić information content (AvgIpc) is 2.48. The lowest BCUT2D eigenvalue weighted by atomic mass is 10.1. The van der Waals surface area contributed by atoms with Crippen LogP contribution in [0.1, 0.15) is 11.6 Å². The Morgan fingerprint density at radius 1 is 1.48 bits per heavy atom. The van der Waals surface area contributed by atoms with Crippen molar-refractivity contribution in [3.8, 4) is 0 Å². The van der Waals surface area contributed by atoms with E-state index in [0.717, 1.165) is 12.1 Å². The SMILES string of the molecule is CN(C)C(CNC(=O)C1CNCCO1)c1cccc(F)c1.Cl.Cl. The second kappa shape index (κ2) is 10.8. The third-order valence-electron chi connectivity index (χ3n) is 3.55. The molecule has 0 aliphatic carbocycles. The summed E-state index contributed by atoms with van der Waals surface area (Å²) < 4.78 is 18.8. The van der Waals surface area contributed by atoms with E-state index in [9.17, 15) is 9.18 Å². The molecule has 5 nitrogen and oxygen atoms in total. The molecule has 0 saturated carbocycles. The first-order valence-corrected chi connectivity index (χ1v) is 7.10. The molecule has 0 bridgehead atoms. The molecule has 2 rings (SSSR count). The van der Waals surface area contributed by atoms with Crippen LogP contribution in [0.5, 0.6) is 0 Å². The molecule has 23 heavy (non-hydrogen) atoms. The molecule has 1 heterocycles. The van der Waals surface area contributed by atoms with E-state index in [0.29, 0.717) is 19.7 Å². The normalized spacial score (nSPS) is 18.5. The number of carbonyl (C=O) groups is 1. The number of morpholine rings is 1. The Morgan fingerprint density at radius 2 is 2.22 bits per heavy atom. The van der Waals surface area contributed by atoms with Crippen LogP contribution in [0.2, 0.25) is 0 Å². The highest BCUT2D eigenvalue weighted by atomic mass is 35.5. The fraction of sp³-hybridized carbons (Fsp3) is 0.533. The van der Waals surface area contributed by atoms with Crippen molar-refractivity contribution in [1.29, 1.82) is 0 Å². The summed E-state index contributed by atoms with van der Waals surface area (Å²) >= 11 is 0. The minimum atomic E-state index is -0.450. The molecule has 2 N–H and O–H groups in total. The van der Waals surface area contributed by atoms with Gasteiger partial charge in [-0.1, -0.05) is 12.1 Å².